The van der Waals surface area contributed by atoms with Gasteiger partial charge in [-0.1, -0.05) is 11.3 Å². The lowest BCUT2D eigenvalue weighted by atomic mass is 10.3. The molecular weight excluding hydrogens is 290 g/mol. The van der Waals surface area contributed by atoms with Crippen LogP contribution >= 0.6 is 11.3 Å². The maximum absolute atomic E-state index is 12.1. The highest BCUT2D eigenvalue weighted by Crippen LogP contribution is 2.37. The van der Waals surface area contributed by atoms with E-state index in [1.54, 1.807) is 19.5 Å². The van der Waals surface area contributed by atoms with Gasteiger partial charge in [0.2, 0.25) is 5.13 Å². The van der Waals surface area contributed by atoms with Crippen molar-refractivity contribution in [2.75, 3.05) is 12.4 Å². The Labute approximate surface area is 125 Å². The highest BCUT2D eigenvalue weighted by Gasteiger charge is 2.26. The quantitative estimate of drug-likeness (QED) is 0.910. The van der Waals surface area contributed by atoms with Crippen LogP contribution in [0.4, 0.5) is 5.13 Å². The number of aromatic nitrogens is 4. The number of carbonyl (C=O) groups excluding carboxylic acids is 1. The molecule has 8 heteroatoms. The molecule has 1 N–H and O–H groups in total. The number of carbonyl (C=O) groups is 1. The first-order chi connectivity index (χ1) is 10.2. The van der Waals surface area contributed by atoms with Gasteiger partial charge in [-0.3, -0.25) is 10.1 Å². The number of hydrogen-bond acceptors (Lipinski definition) is 7. The van der Waals surface area contributed by atoms with Crippen LogP contribution in [0.25, 0.3) is 0 Å². The molecule has 2 aromatic heterocycles. The molecule has 1 amide bonds. The average molecular weight is 305 g/mol. The monoisotopic (exact) mass is 305 g/mol. The van der Waals surface area contributed by atoms with E-state index in [4.69, 9.17) is 4.74 Å². The molecule has 0 bridgehead atoms. The number of nitrogens with zero attached hydrogens (tertiary/aromatic N) is 4. The van der Waals surface area contributed by atoms with Gasteiger partial charge < -0.3 is 4.74 Å². The van der Waals surface area contributed by atoms with Gasteiger partial charge in [0.15, 0.2) is 0 Å². The van der Waals surface area contributed by atoms with Gasteiger partial charge in [-0.05, 0) is 19.8 Å². The molecule has 0 saturated heterocycles. The van der Waals surface area contributed by atoms with Crippen LogP contribution in [0.1, 0.15) is 53.0 Å². The fraction of sp³-hybridized carbons (Fsp3) is 0.462. The van der Waals surface area contributed by atoms with Crippen LogP contribution in [0.5, 0.6) is 0 Å². The summed E-state index contributed by atoms with van der Waals surface area (Å²) in [6, 6.07) is 0. The van der Waals surface area contributed by atoms with Crippen molar-refractivity contribution in [3.63, 3.8) is 0 Å². The maximum atomic E-state index is 12.1. The Balaban J connectivity index is 1.66. The fourth-order valence-corrected chi connectivity index (χ4v) is 2.49. The van der Waals surface area contributed by atoms with Gasteiger partial charge in [-0.15, -0.1) is 10.2 Å². The van der Waals surface area contributed by atoms with Crippen molar-refractivity contribution in [2.24, 2.45) is 0 Å². The zero-order valence-corrected chi connectivity index (χ0v) is 12.6. The second kappa shape index (κ2) is 5.82. The summed E-state index contributed by atoms with van der Waals surface area (Å²) in [5.41, 5.74) is 0.413. The summed E-state index contributed by atoms with van der Waals surface area (Å²) in [4.78, 5) is 20.5. The molecule has 0 aromatic carbocycles. The zero-order chi connectivity index (χ0) is 14.8. The highest BCUT2D eigenvalue weighted by atomic mass is 32.1. The summed E-state index contributed by atoms with van der Waals surface area (Å²) in [5.74, 6) is 1.01. The Kier molecular flexibility index (Phi) is 3.89. The summed E-state index contributed by atoms with van der Waals surface area (Å²) in [6.45, 7) is 1.87. The molecule has 1 saturated carbocycles. The molecule has 0 radical (unpaired) electrons. The first-order valence-electron chi connectivity index (χ1n) is 6.67. The van der Waals surface area contributed by atoms with Crippen LogP contribution in [0, 0.1) is 0 Å². The standard InChI is InChI=1S/C13H15N5O2S/c1-7(20-2)12-17-18-13(21-12)16-11(19)9-5-14-10(15-6-9)8-3-4-8/h5-8H,3-4H2,1-2H3,(H,16,18,19). The van der Waals surface area contributed by atoms with Crippen LogP contribution in [0.3, 0.4) is 0 Å². The normalized spacial score (nSPS) is 15.7. The third-order valence-electron chi connectivity index (χ3n) is 3.24. The summed E-state index contributed by atoms with van der Waals surface area (Å²) in [7, 11) is 1.60. The third kappa shape index (κ3) is 3.22. The number of ether oxygens (including phenoxy) is 1. The van der Waals surface area contributed by atoms with E-state index in [2.05, 4.69) is 25.5 Å². The van der Waals surface area contributed by atoms with Crippen LogP contribution in [0.2, 0.25) is 0 Å². The Morgan fingerprint density at radius 1 is 1.38 bits per heavy atom. The molecule has 1 atom stereocenters. The topological polar surface area (TPSA) is 89.9 Å². The molecule has 110 valence electrons. The largest absolute Gasteiger partial charge is 0.374 e. The van der Waals surface area contributed by atoms with Gasteiger partial charge >= 0.3 is 0 Å². The number of rotatable bonds is 5. The summed E-state index contributed by atoms with van der Waals surface area (Å²) in [6.07, 6.45) is 5.23. The Bertz CT molecular complexity index is 638. The molecule has 2 aromatic rings. The number of amides is 1. The summed E-state index contributed by atoms with van der Waals surface area (Å²) in [5, 5.41) is 11.7. The van der Waals surface area contributed by atoms with E-state index in [0.29, 0.717) is 21.6 Å². The van der Waals surface area contributed by atoms with Crippen molar-refractivity contribution in [2.45, 2.75) is 31.8 Å². The first-order valence-corrected chi connectivity index (χ1v) is 7.48. The van der Waals surface area contributed by atoms with E-state index in [1.807, 2.05) is 6.92 Å². The minimum atomic E-state index is -0.287. The van der Waals surface area contributed by atoms with Gasteiger partial charge in [0.1, 0.15) is 16.9 Å². The number of nitrogens with one attached hydrogen (secondary N) is 1. The Morgan fingerprint density at radius 3 is 2.71 bits per heavy atom. The average Bonchev–Trinajstić information content (AvgIpc) is 3.26. The molecule has 0 spiro atoms. The molecule has 1 aliphatic carbocycles. The second-order valence-corrected chi connectivity index (χ2v) is 5.89. The minimum Gasteiger partial charge on any atom is -0.374 e. The van der Waals surface area contributed by atoms with E-state index in [9.17, 15) is 4.79 Å². The van der Waals surface area contributed by atoms with Crippen LogP contribution in [-0.4, -0.2) is 33.2 Å². The smallest absolute Gasteiger partial charge is 0.260 e. The number of methoxy groups -OCH3 is 1. The van der Waals surface area contributed by atoms with E-state index >= 15 is 0 Å². The van der Waals surface area contributed by atoms with Crippen LogP contribution in [-0.2, 0) is 4.74 Å². The van der Waals surface area contributed by atoms with Crippen molar-refractivity contribution >= 4 is 22.4 Å². The van der Waals surface area contributed by atoms with Crippen molar-refractivity contribution in [3.8, 4) is 0 Å². The van der Waals surface area contributed by atoms with Crippen LogP contribution in [0.15, 0.2) is 12.4 Å². The van der Waals surface area contributed by atoms with E-state index in [0.717, 1.165) is 18.7 Å². The van der Waals surface area contributed by atoms with E-state index in [-0.39, 0.29) is 12.0 Å². The number of hydrogen-bond donors (Lipinski definition) is 1. The molecule has 0 aliphatic heterocycles. The molecule has 21 heavy (non-hydrogen) atoms. The van der Waals surface area contributed by atoms with Gasteiger partial charge in [0.05, 0.1) is 5.56 Å². The van der Waals surface area contributed by atoms with Crippen molar-refractivity contribution in [1.29, 1.82) is 0 Å². The molecule has 3 rings (SSSR count). The molecular formula is C13H15N5O2S. The zero-order valence-electron chi connectivity index (χ0n) is 11.7. The predicted octanol–water partition coefficient (Wildman–Crippen LogP) is 2.17. The van der Waals surface area contributed by atoms with E-state index in [1.165, 1.54) is 11.3 Å². The van der Waals surface area contributed by atoms with Gasteiger partial charge in [-0.2, -0.15) is 0 Å². The fourth-order valence-electron chi connectivity index (χ4n) is 1.73. The van der Waals surface area contributed by atoms with Gasteiger partial charge in [0.25, 0.3) is 5.91 Å². The van der Waals surface area contributed by atoms with Crippen molar-refractivity contribution < 1.29 is 9.53 Å². The molecule has 2 heterocycles. The van der Waals surface area contributed by atoms with Crippen LogP contribution < -0.4 is 5.32 Å². The van der Waals surface area contributed by atoms with Crippen molar-refractivity contribution in [3.05, 3.63) is 28.8 Å². The lowest BCUT2D eigenvalue weighted by Gasteiger charge is -2.03. The van der Waals surface area contributed by atoms with E-state index < -0.39 is 0 Å². The second-order valence-electron chi connectivity index (χ2n) is 4.88. The van der Waals surface area contributed by atoms with Gasteiger partial charge in [-0.25, -0.2) is 9.97 Å². The highest BCUT2D eigenvalue weighted by molar-refractivity contribution is 7.15. The first kappa shape index (κ1) is 14.0. The minimum absolute atomic E-state index is 0.144. The van der Waals surface area contributed by atoms with Gasteiger partial charge in [0, 0.05) is 25.4 Å². The molecule has 1 fully saturated rings. The molecule has 1 aliphatic rings. The number of anilines is 1. The predicted molar refractivity (Wildman–Crippen MR) is 77.3 cm³/mol. The Hall–Kier alpha value is -1.93. The Morgan fingerprint density at radius 2 is 2.10 bits per heavy atom. The molecule has 7 nitrogen and oxygen atoms in total. The lowest BCUT2D eigenvalue weighted by Crippen LogP contribution is -2.13. The van der Waals surface area contributed by atoms with Crippen molar-refractivity contribution in [1.82, 2.24) is 20.2 Å². The summed E-state index contributed by atoms with van der Waals surface area (Å²) < 4.78 is 5.16. The molecule has 1 unspecified atom stereocenters. The maximum Gasteiger partial charge on any atom is 0.260 e. The lowest BCUT2D eigenvalue weighted by molar-refractivity contribution is 0.102. The summed E-state index contributed by atoms with van der Waals surface area (Å²) >= 11 is 1.29. The SMILES string of the molecule is COC(C)c1nnc(NC(=O)c2cnc(C3CC3)nc2)s1. The third-order valence-corrected chi connectivity index (χ3v) is 4.24.